The van der Waals surface area contributed by atoms with Gasteiger partial charge in [0.25, 0.3) is 0 Å². The summed E-state index contributed by atoms with van der Waals surface area (Å²) in [6, 6.07) is 10.4. The smallest absolute Gasteiger partial charge is 0.414 e. The average Bonchev–Trinajstić information content (AvgIpc) is 3.25. The number of aryl methyl sites for hydroxylation is 1. The molecule has 1 aromatic carbocycles. The summed E-state index contributed by atoms with van der Waals surface area (Å²) in [5.74, 6) is 1.44. The van der Waals surface area contributed by atoms with Crippen LogP contribution in [-0.4, -0.2) is 49.9 Å². The summed E-state index contributed by atoms with van der Waals surface area (Å²) in [4.78, 5) is 16.1. The Morgan fingerprint density at radius 3 is 2.63 bits per heavy atom. The van der Waals surface area contributed by atoms with Crippen molar-refractivity contribution in [3.05, 3.63) is 41.3 Å². The quantitative estimate of drug-likeness (QED) is 0.575. The second kappa shape index (κ2) is 8.01. The molecule has 160 valence electrons. The van der Waals surface area contributed by atoms with E-state index in [0.29, 0.717) is 5.92 Å². The molecule has 3 aliphatic heterocycles. The van der Waals surface area contributed by atoms with Gasteiger partial charge in [-0.2, -0.15) is 0 Å². The second-order valence-electron chi connectivity index (χ2n) is 9.72. The largest absolute Gasteiger partial charge is 0.440 e. The molecule has 0 radical (unpaired) electrons. The van der Waals surface area contributed by atoms with Gasteiger partial charge in [0.05, 0.1) is 25.3 Å². The highest BCUT2D eigenvalue weighted by atomic mass is 32.1. The zero-order valence-electron chi connectivity index (χ0n) is 18.2. The second-order valence-corrected chi connectivity index (χ2v) is 10.7. The molecule has 30 heavy (non-hydrogen) atoms. The number of quaternary nitrogens is 1. The number of rotatable bonds is 5. The van der Waals surface area contributed by atoms with Gasteiger partial charge in [-0.3, -0.25) is 4.90 Å². The van der Waals surface area contributed by atoms with E-state index in [1.165, 1.54) is 66.7 Å². The van der Waals surface area contributed by atoms with Crippen LogP contribution in [0.15, 0.2) is 35.7 Å². The van der Waals surface area contributed by atoms with Crippen LogP contribution in [0, 0.1) is 18.8 Å². The van der Waals surface area contributed by atoms with Gasteiger partial charge in [0, 0.05) is 42.2 Å². The fourth-order valence-electron chi connectivity index (χ4n) is 5.81. The predicted molar refractivity (Wildman–Crippen MR) is 123 cm³/mol. The van der Waals surface area contributed by atoms with Crippen molar-refractivity contribution in [2.24, 2.45) is 11.8 Å². The number of anilines is 1. The van der Waals surface area contributed by atoms with Crippen molar-refractivity contribution >= 4 is 23.1 Å². The molecular formula is C25H33N2O2S+. The molecule has 1 aromatic heterocycles. The molecular weight excluding hydrogens is 392 g/mol. The van der Waals surface area contributed by atoms with Gasteiger partial charge >= 0.3 is 6.09 Å². The first kappa shape index (κ1) is 20.1. The number of hydrogen-bond acceptors (Lipinski definition) is 3. The van der Waals surface area contributed by atoms with Crippen molar-refractivity contribution in [2.75, 3.05) is 38.1 Å². The third-order valence-electron chi connectivity index (χ3n) is 7.82. The number of thiophene rings is 1. The molecule has 1 aliphatic carbocycles. The number of fused-ring (bicyclic) bond motifs is 3. The van der Waals surface area contributed by atoms with Crippen LogP contribution in [-0.2, 0) is 4.74 Å². The molecule has 0 N–H and O–H groups in total. The number of carbonyl (C=O) groups excluding carboxylic acids is 1. The summed E-state index contributed by atoms with van der Waals surface area (Å²) in [5, 5.41) is 2.09. The highest BCUT2D eigenvalue weighted by Crippen LogP contribution is 2.40. The van der Waals surface area contributed by atoms with Gasteiger partial charge in [-0.25, -0.2) is 4.79 Å². The highest BCUT2D eigenvalue weighted by molar-refractivity contribution is 7.13. The Labute approximate surface area is 184 Å². The van der Waals surface area contributed by atoms with Gasteiger partial charge in [-0.15, -0.1) is 11.3 Å². The van der Waals surface area contributed by atoms with Crippen LogP contribution in [0.2, 0.25) is 0 Å². The average molecular weight is 426 g/mol. The Morgan fingerprint density at radius 1 is 1.17 bits per heavy atom. The monoisotopic (exact) mass is 425 g/mol. The Hall–Kier alpha value is -1.85. The first-order valence-electron chi connectivity index (χ1n) is 11.5. The lowest BCUT2D eigenvalue weighted by molar-refractivity contribution is -0.949. The molecule has 1 amide bonds. The van der Waals surface area contributed by atoms with Gasteiger partial charge in [-0.1, -0.05) is 24.6 Å². The van der Waals surface area contributed by atoms with Gasteiger partial charge < -0.3 is 9.22 Å². The molecule has 0 unspecified atom stereocenters. The number of amides is 1. The zero-order valence-corrected chi connectivity index (χ0v) is 19.0. The van der Waals surface area contributed by atoms with E-state index in [9.17, 15) is 4.79 Å². The van der Waals surface area contributed by atoms with Crippen molar-refractivity contribution in [2.45, 2.75) is 45.1 Å². The number of piperidine rings is 3. The first-order valence-corrected chi connectivity index (χ1v) is 12.4. The third kappa shape index (κ3) is 3.67. The summed E-state index contributed by atoms with van der Waals surface area (Å²) in [6.07, 6.45) is 6.47. The minimum absolute atomic E-state index is 0.0672. The number of ether oxygens (including phenoxy) is 1. The number of carbonyl (C=O) groups is 1. The van der Waals surface area contributed by atoms with E-state index in [2.05, 4.69) is 30.5 Å². The molecule has 1 saturated carbocycles. The summed E-state index contributed by atoms with van der Waals surface area (Å²) in [7, 11) is 1.86. The maximum atomic E-state index is 13.2. The van der Waals surface area contributed by atoms with E-state index in [1.54, 1.807) is 16.2 Å². The van der Waals surface area contributed by atoms with Crippen LogP contribution in [0.5, 0.6) is 0 Å². The fraction of sp³-hybridized carbons (Fsp3) is 0.560. The topological polar surface area (TPSA) is 29.5 Å². The molecule has 6 rings (SSSR count). The predicted octanol–water partition coefficient (Wildman–Crippen LogP) is 5.71. The lowest BCUT2D eigenvalue weighted by Crippen LogP contribution is -2.66. The zero-order chi connectivity index (χ0) is 20.7. The summed E-state index contributed by atoms with van der Waals surface area (Å²) in [5.41, 5.74) is 3.25. The summed E-state index contributed by atoms with van der Waals surface area (Å²) in [6.45, 7) is 7.00. The van der Waals surface area contributed by atoms with E-state index in [4.69, 9.17) is 4.74 Å². The normalized spacial score (nSPS) is 28.2. The van der Waals surface area contributed by atoms with Crippen LogP contribution in [0.1, 0.15) is 37.7 Å². The Morgan fingerprint density at radius 2 is 1.97 bits per heavy atom. The van der Waals surface area contributed by atoms with Crippen LogP contribution in [0.3, 0.4) is 0 Å². The van der Waals surface area contributed by atoms with Crippen molar-refractivity contribution < 1.29 is 14.0 Å². The SMILES string of the molecule is Cc1cccc(N(C)C(=O)O[C@H]2C[N+]3(CC4CCC4)CCC2CC3)c1-c1cccs1. The number of nitrogens with zero attached hydrogens (tertiary/aromatic N) is 2. The van der Waals surface area contributed by atoms with E-state index in [-0.39, 0.29) is 12.2 Å². The molecule has 4 heterocycles. The lowest BCUT2D eigenvalue weighted by Gasteiger charge is -2.54. The molecule has 5 heteroatoms. The maximum absolute atomic E-state index is 13.2. The highest BCUT2D eigenvalue weighted by Gasteiger charge is 2.49. The lowest BCUT2D eigenvalue weighted by atomic mass is 9.79. The molecule has 4 aliphatic rings. The van der Waals surface area contributed by atoms with Crippen LogP contribution in [0.25, 0.3) is 10.4 Å². The van der Waals surface area contributed by atoms with Crippen molar-refractivity contribution in [1.29, 1.82) is 0 Å². The molecule has 0 spiro atoms. The molecule has 2 bridgehead atoms. The van der Waals surface area contributed by atoms with Crippen LogP contribution < -0.4 is 4.90 Å². The number of hydrogen-bond donors (Lipinski definition) is 0. The van der Waals surface area contributed by atoms with E-state index in [0.717, 1.165) is 23.7 Å². The Bertz CT molecular complexity index is 898. The molecule has 3 saturated heterocycles. The van der Waals surface area contributed by atoms with E-state index < -0.39 is 0 Å². The minimum Gasteiger partial charge on any atom is -0.440 e. The third-order valence-corrected chi connectivity index (χ3v) is 8.70. The van der Waals surface area contributed by atoms with Crippen molar-refractivity contribution in [3.63, 3.8) is 0 Å². The number of benzene rings is 1. The minimum atomic E-state index is -0.209. The Balaban J connectivity index is 1.32. The van der Waals surface area contributed by atoms with Crippen molar-refractivity contribution in [3.8, 4) is 10.4 Å². The van der Waals surface area contributed by atoms with Gasteiger partial charge in [0.1, 0.15) is 6.54 Å². The Kier molecular flexibility index (Phi) is 5.36. The van der Waals surface area contributed by atoms with Crippen molar-refractivity contribution in [1.82, 2.24) is 0 Å². The summed E-state index contributed by atoms with van der Waals surface area (Å²) < 4.78 is 7.37. The van der Waals surface area contributed by atoms with Crippen LogP contribution in [0.4, 0.5) is 10.5 Å². The van der Waals surface area contributed by atoms with E-state index >= 15 is 0 Å². The van der Waals surface area contributed by atoms with Gasteiger partial charge in [0.15, 0.2) is 6.10 Å². The standard InChI is InChI=1S/C25H33N2O2S/c1-18-6-3-9-21(24(18)23-10-5-15-30-23)26(2)25(28)29-22-17-27(16-19-7-4-8-19)13-11-20(22)12-14-27/h3,5-6,9-10,15,19-20,22H,4,7-8,11-14,16-17H2,1-2H3/q+1/t20?,22-,27?/m0/s1. The molecule has 1 atom stereocenters. The molecule has 4 nitrogen and oxygen atoms in total. The van der Waals surface area contributed by atoms with Crippen LogP contribution >= 0.6 is 11.3 Å². The fourth-order valence-corrected chi connectivity index (χ4v) is 6.66. The first-order chi connectivity index (χ1) is 14.5. The van der Waals surface area contributed by atoms with Gasteiger partial charge in [-0.05, 0) is 42.8 Å². The van der Waals surface area contributed by atoms with E-state index in [1.807, 2.05) is 19.2 Å². The summed E-state index contributed by atoms with van der Waals surface area (Å²) >= 11 is 1.71. The molecule has 2 aromatic rings. The van der Waals surface area contributed by atoms with Gasteiger partial charge in [0.2, 0.25) is 0 Å². The maximum Gasteiger partial charge on any atom is 0.414 e. The molecule has 4 fully saturated rings.